The fourth-order valence-corrected chi connectivity index (χ4v) is 3.31. The number of halogens is 2. The highest BCUT2D eigenvalue weighted by Gasteiger charge is 2.36. The van der Waals surface area contributed by atoms with Crippen LogP contribution in [0.5, 0.6) is 0 Å². The second-order valence-corrected chi connectivity index (χ2v) is 6.82. The summed E-state index contributed by atoms with van der Waals surface area (Å²) in [5, 5.41) is 2.64. The van der Waals surface area contributed by atoms with Crippen molar-refractivity contribution in [2.45, 2.75) is 13.0 Å². The Labute approximate surface area is 170 Å². The molecule has 1 aliphatic rings. The van der Waals surface area contributed by atoms with Crippen LogP contribution in [0.3, 0.4) is 0 Å². The van der Waals surface area contributed by atoms with Gasteiger partial charge in [0.05, 0.1) is 23.9 Å². The molecule has 0 spiro atoms. The monoisotopic (exact) mass is 410 g/mol. The molecular weight excluding hydrogens is 394 g/mol. The maximum Gasteiger partial charge on any atom is 0.261 e. The summed E-state index contributed by atoms with van der Waals surface area (Å²) in [6.07, 6.45) is 1.69. The van der Waals surface area contributed by atoms with Crippen LogP contribution in [0.2, 0.25) is 0 Å². The molecule has 1 N–H and O–H groups in total. The molecule has 0 atom stereocenters. The molecule has 4 rings (SSSR count). The van der Waals surface area contributed by atoms with Crippen molar-refractivity contribution in [2.75, 3.05) is 6.54 Å². The number of nitrogens with zero attached hydrogens (tertiary/aromatic N) is 1. The van der Waals surface area contributed by atoms with Crippen LogP contribution in [0.4, 0.5) is 8.78 Å². The number of fused-ring (bicyclic) bond motifs is 1. The molecule has 6 nitrogen and oxygen atoms in total. The number of carbonyl (C=O) groups is 3. The smallest absolute Gasteiger partial charge is 0.261 e. The van der Waals surface area contributed by atoms with Crippen LogP contribution >= 0.6 is 0 Å². The van der Waals surface area contributed by atoms with Crippen LogP contribution in [0.25, 0.3) is 0 Å². The fourth-order valence-electron chi connectivity index (χ4n) is 3.31. The van der Waals surface area contributed by atoms with Crippen molar-refractivity contribution in [1.29, 1.82) is 0 Å². The summed E-state index contributed by atoms with van der Waals surface area (Å²) in [6, 6.07) is 10.8. The fraction of sp³-hybridized carbons (Fsp3) is 0.136. The molecule has 30 heavy (non-hydrogen) atoms. The van der Waals surface area contributed by atoms with Crippen LogP contribution in [0.15, 0.2) is 59.2 Å². The lowest BCUT2D eigenvalue weighted by molar-refractivity contribution is 0.0631. The minimum absolute atomic E-state index is 0.00503. The van der Waals surface area contributed by atoms with E-state index in [2.05, 4.69) is 5.32 Å². The SMILES string of the molecule is O=C(NCCc1cc(F)cc(F)c1)c1ccc2c(c1)C(=O)N(Cc1ccco1)C2=O. The van der Waals surface area contributed by atoms with Gasteiger partial charge in [0.2, 0.25) is 0 Å². The Hall–Kier alpha value is -3.81. The molecule has 0 unspecified atom stereocenters. The summed E-state index contributed by atoms with van der Waals surface area (Å²) in [4.78, 5) is 38.6. The van der Waals surface area contributed by atoms with Gasteiger partial charge < -0.3 is 9.73 Å². The molecule has 2 heterocycles. The third kappa shape index (κ3) is 3.84. The van der Waals surface area contributed by atoms with Gasteiger partial charge in [0, 0.05) is 18.2 Å². The van der Waals surface area contributed by atoms with E-state index in [0.717, 1.165) is 11.0 Å². The van der Waals surface area contributed by atoms with Crippen LogP contribution in [0.1, 0.15) is 42.4 Å². The normalized spacial score (nSPS) is 12.9. The van der Waals surface area contributed by atoms with Gasteiger partial charge in [-0.3, -0.25) is 19.3 Å². The van der Waals surface area contributed by atoms with Crippen molar-refractivity contribution in [2.24, 2.45) is 0 Å². The maximum atomic E-state index is 13.2. The molecule has 0 saturated carbocycles. The third-order valence-corrected chi connectivity index (χ3v) is 4.75. The Balaban J connectivity index is 1.43. The van der Waals surface area contributed by atoms with E-state index in [1.54, 1.807) is 12.1 Å². The van der Waals surface area contributed by atoms with Gasteiger partial charge in [-0.25, -0.2) is 8.78 Å². The van der Waals surface area contributed by atoms with E-state index >= 15 is 0 Å². The average Bonchev–Trinajstić information content (AvgIpc) is 3.30. The first-order chi connectivity index (χ1) is 14.4. The molecule has 2 aromatic carbocycles. The molecule has 1 aromatic heterocycles. The van der Waals surface area contributed by atoms with Gasteiger partial charge >= 0.3 is 0 Å². The van der Waals surface area contributed by atoms with Gasteiger partial charge in [-0.15, -0.1) is 0 Å². The first-order valence-corrected chi connectivity index (χ1v) is 9.18. The lowest BCUT2D eigenvalue weighted by atomic mass is 10.1. The van der Waals surface area contributed by atoms with E-state index in [4.69, 9.17) is 4.42 Å². The molecular formula is C22H16F2N2O4. The zero-order valence-corrected chi connectivity index (χ0v) is 15.7. The predicted octanol–water partition coefficient (Wildman–Crippen LogP) is 3.33. The lowest BCUT2D eigenvalue weighted by Gasteiger charge is -2.11. The van der Waals surface area contributed by atoms with Crippen molar-refractivity contribution in [3.63, 3.8) is 0 Å². The molecule has 3 amide bonds. The molecule has 1 aliphatic heterocycles. The van der Waals surface area contributed by atoms with Crippen LogP contribution in [0, 0.1) is 11.6 Å². The van der Waals surface area contributed by atoms with E-state index in [1.807, 2.05) is 0 Å². The standard InChI is InChI=1S/C22H16F2N2O4/c23-15-8-13(9-16(24)11-15)5-6-25-20(27)14-3-4-18-19(10-14)22(29)26(21(18)28)12-17-2-1-7-30-17/h1-4,7-11H,5-6,12H2,(H,25,27). The van der Waals surface area contributed by atoms with Gasteiger partial charge in [-0.1, -0.05) is 0 Å². The van der Waals surface area contributed by atoms with E-state index in [9.17, 15) is 23.2 Å². The molecule has 0 saturated heterocycles. The predicted molar refractivity (Wildman–Crippen MR) is 102 cm³/mol. The number of furan rings is 1. The number of hydrogen-bond acceptors (Lipinski definition) is 4. The van der Waals surface area contributed by atoms with Gasteiger partial charge in [-0.05, 0) is 54.4 Å². The number of carbonyl (C=O) groups excluding carboxylic acids is 3. The summed E-state index contributed by atoms with van der Waals surface area (Å²) >= 11 is 0. The molecule has 0 radical (unpaired) electrons. The van der Waals surface area contributed by atoms with Crippen molar-refractivity contribution < 1.29 is 27.6 Å². The highest BCUT2D eigenvalue weighted by atomic mass is 19.1. The lowest BCUT2D eigenvalue weighted by Crippen LogP contribution is -2.28. The minimum atomic E-state index is -0.683. The molecule has 152 valence electrons. The summed E-state index contributed by atoms with van der Waals surface area (Å²) < 4.78 is 31.6. The summed E-state index contributed by atoms with van der Waals surface area (Å²) in [7, 11) is 0. The number of nitrogens with one attached hydrogen (secondary N) is 1. The molecule has 0 aliphatic carbocycles. The Morgan fingerprint density at radius 2 is 1.70 bits per heavy atom. The highest BCUT2D eigenvalue weighted by molar-refractivity contribution is 6.22. The van der Waals surface area contributed by atoms with Crippen molar-refractivity contribution in [3.05, 3.63) is 94.4 Å². The van der Waals surface area contributed by atoms with Gasteiger partial charge in [0.25, 0.3) is 17.7 Å². The second kappa shape index (κ2) is 7.90. The van der Waals surface area contributed by atoms with Gasteiger partial charge in [0.1, 0.15) is 17.4 Å². The number of imide groups is 1. The quantitative estimate of drug-likeness (QED) is 0.633. The van der Waals surface area contributed by atoms with E-state index < -0.39 is 29.4 Å². The van der Waals surface area contributed by atoms with Crippen LogP contribution in [-0.4, -0.2) is 29.2 Å². The van der Waals surface area contributed by atoms with Crippen LogP contribution < -0.4 is 5.32 Å². The Morgan fingerprint density at radius 1 is 0.967 bits per heavy atom. The number of hydrogen-bond donors (Lipinski definition) is 1. The average molecular weight is 410 g/mol. The Bertz CT molecular complexity index is 1120. The molecule has 0 fully saturated rings. The number of rotatable bonds is 6. The van der Waals surface area contributed by atoms with Crippen molar-refractivity contribution >= 4 is 17.7 Å². The molecule has 3 aromatic rings. The zero-order valence-electron chi connectivity index (χ0n) is 15.7. The highest BCUT2D eigenvalue weighted by Crippen LogP contribution is 2.25. The summed E-state index contributed by atoms with van der Waals surface area (Å²) in [5.41, 5.74) is 0.987. The zero-order chi connectivity index (χ0) is 21.3. The number of amides is 3. The molecule has 8 heteroatoms. The summed E-state index contributed by atoms with van der Waals surface area (Å²) in [6.45, 7) is 0.154. The van der Waals surface area contributed by atoms with E-state index in [1.165, 1.54) is 36.6 Å². The largest absolute Gasteiger partial charge is 0.467 e. The first-order valence-electron chi connectivity index (χ1n) is 9.18. The summed E-state index contributed by atoms with van der Waals surface area (Å²) in [5.74, 6) is -2.31. The topological polar surface area (TPSA) is 79.6 Å². The van der Waals surface area contributed by atoms with E-state index in [-0.39, 0.29) is 36.2 Å². The van der Waals surface area contributed by atoms with Gasteiger partial charge in [-0.2, -0.15) is 0 Å². The van der Waals surface area contributed by atoms with Crippen molar-refractivity contribution in [3.8, 4) is 0 Å². The second-order valence-electron chi connectivity index (χ2n) is 6.82. The minimum Gasteiger partial charge on any atom is -0.467 e. The number of benzene rings is 2. The van der Waals surface area contributed by atoms with Gasteiger partial charge in [0.15, 0.2) is 0 Å². The van der Waals surface area contributed by atoms with Crippen LogP contribution in [-0.2, 0) is 13.0 Å². The van der Waals surface area contributed by atoms with Crippen molar-refractivity contribution in [1.82, 2.24) is 10.2 Å². The Kier molecular flexibility index (Phi) is 5.14. The van der Waals surface area contributed by atoms with E-state index in [0.29, 0.717) is 11.3 Å². The third-order valence-electron chi connectivity index (χ3n) is 4.75. The maximum absolute atomic E-state index is 13.2. The Morgan fingerprint density at radius 3 is 2.40 bits per heavy atom. The molecule has 0 bridgehead atoms. The first kappa shape index (κ1) is 19.5.